The largest absolute Gasteiger partial charge is 0.493 e. The van der Waals surface area contributed by atoms with E-state index in [1.807, 2.05) is 57.2 Å². The third-order valence-electron chi connectivity index (χ3n) is 7.85. The highest BCUT2D eigenvalue weighted by Gasteiger charge is 2.30. The van der Waals surface area contributed by atoms with Crippen molar-refractivity contribution >= 4 is 17.5 Å². The lowest BCUT2D eigenvalue weighted by Crippen LogP contribution is -2.43. The zero-order chi connectivity index (χ0) is 30.5. The van der Waals surface area contributed by atoms with Gasteiger partial charge >= 0.3 is 0 Å². The van der Waals surface area contributed by atoms with Gasteiger partial charge in [-0.1, -0.05) is 57.5 Å². The van der Waals surface area contributed by atoms with E-state index < -0.39 is 12.1 Å². The molecule has 41 heavy (non-hydrogen) atoms. The SMILES string of the molecule is COCCCOc1cc(C[C@@H](C[C@H](N)[C@@H](O)C[C@H](C(=O)N[C@H](C)c2ccc(Cl)cc2)C(C)C)C(C)C)ccc1OC. The number of methoxy groups -OCH3 is 2. The van der Waals surface area contributed by atoms with Gasteiger partial charge in [0.15, 0.2) is 11.5 Å². The molecule has 1 amide bonds. The van der Waals surface area contributed by atoms with E-state index in [2.05, 4.69) is 25.2 Å². The van der Waals surface area contributed by atoms with Crippen LogP contribution < -0.4 is 20.5 Å². The standard InChI is InChI=1S/C33H51ClN2O5/c1-21(2)26(17-24-9-14-31(40-7)32(18-24)41-16-8-15-39-6)19-29(35)30(37)20-28(22(3)4)33(38)36-23(5)25-10-12-27(34)13-11-25/h9-14,18,21-23,26,28-30,37H,8,15-17,19-20,35H2,1-7H3,(H,36,38)/t23-,26+,28+,29+,30+/m1/s1. The first-order valence-electron chi connectivity index (χ1n) is 14.7. The van der Waals surface area contributed by atoms with E-state index >= 15 is 0 Å². The smallest absolute Gasteiger partial charge is 0.223 e. The lowest BCUT2D eigenvalue weighted by Gasteiger charge is -2.30. The van der Waals surface area contributed by atoms with Crippen LogP contribution in [0.2, 0.25) is 5.02 Å². The molecule has 0 radical (unpaired) electrons. The minimum absolute atomic E-state index is 0.0526. The van der Waals surface area contributed by atoms with Crippen LogP contribution >= 0.6 is 11.6 Å². The summed E-state index contributed by atoms with van der Waals surface area (Å²) < 4.78 is 16.6. The molecule has 2 aromatic carbocycles. The molecule has 4 N–H and O–H groups in total. The van der Waals surface area contributed by atoms with Gasteiger partial charge in [-0.15, -0.1) is 0 Å². The van der Waals surface area contributed by atoms with Crippen LogP contribution in [0, 0.1) is 23.7 Å². The van der Waals surface area contributed by atoms with Crippen LogP contribution in [0.15, 0.2) is 42.5 Å². The molecule has 0 aromatic heterocycles. The first-order valence-corrected chi connectivity index (χ1v) is 15.1. The lowest BCUT2D eigenvalue weighted by molar-refractivity contribution is -0.128. The van der Waals surface area contributed by atoms with Crippen molar-refractivity contribution in [3.8, 4) is 11.5 Å². The Kier molecular flexibility index (Phi) is 15.0. The maximum absolute atomic E-state index is 13.2. The van der Waals surface area contributed by atoms with Gasteiger partial charge in [0.2, 0.25) is 5.91 Å². The monoisotopic (exact) mass is 590 g/mol. The third-order valence-corrected chi connectivity index (χ3v) is 8.11. The van der Waals surface area contributed by atoms with Crippen LogP contribution in [0.25, 0.3) is 0 Å². The highest BCUT2D eigenvalue weighted by atomic mass is 35.5. The normalized spacial score (nSPS) is 15.3. The van der Waals surface area contributed by atoms with Crippen LogP contribution in [-0.4, -0.2) is 50.6 Å². The van der Waals surface area contributed by atoms with Gasteiger partial charge < -0.3 is 30.4 Å². The molecule has 8 heteroatoms. The zero-order valence-electron chi connectivity index (χ0n) is 25.9. The molecule has 7 nitrogen and oxygen atoms in total. The number of benzene rings is 2. The summed E-state index contributed by atoms with van der Waals surface area (Å²) in [5.74, 6) is 1.62. The second-order valence-corrected chi connectivity index (χ2v) is 12.2. The topological polar surface area (TPSA) is 103 Å². The van der Waals surface area contributed by atoms with Gasteiger partial charge in [-0.3, -0.25) is 4.79 Å². The Hall–Kier alpha value is -2.32. The number of carbonyl (C=O) groups is 1. The molecule has 0 bridgehead atoms. The van der Waals surface area contributed by atoms with E-state index in [1.54, 1.807) is 14.2 Å². The average molecular weight is 591 g/mol. The fraction of sp³-hybridized carbons (Fsp3) is 0.606. The number of ether oxygens (including phenoxy) is 3. The summed E-state index contributed by atoms with van der Waals surface area (Å²) in [7, 11) is 3.31. The fourth-order valence-electron chi connectivity index (χ4n) is 5.02. The highest BCUT2D eigenvalue weighted by molar-refractivity contribution is 6.30. The van der Waals surface area contributed by atoms with Gasteiger partial charge in [-0.25, -0.2) is 0 Å². The van der Waals surface area contributed by atoms with Gasteiger partial charge in [0.05, 0.1) is 25.9 Å². The lowest BCUT2D eigenvalue weighted by atomic mass is 9.80. The molecule has 0 spiro atoms. The van der Waals surface area contributed by atoms with Crippen LogP contribution in [0.1, 0.15) is 71.0 Å². The number of aliphatic hydroxyl groups is 1. The first kappa shape index (κ1) is 34.9. The van der Waals surface area contributed by atoms with Crippen molar-refractivity contribution in [3.63, 3.8) is 0 Å². The molecule has 0 aliphatic heterocycles. The summed E-state index contributed by atoms with van der Waals surface area (Å²) in [5.41, 5.74) is 8.69. The van der Waals surface area contributed by atoms with Crippen molar-refractivity contribution in [1.29, 1.82) is 0 Å². The number of nitrogens with one attached hydrogen (secondary N) is 1. The number of halogens is 1. The molecule has 0 aliphatic carbocycles. The Morgan fingerprint density at radius 2 is 1.63 bits per heavy atom. The van der Waals surface area contributed by atoms with Gasteiger partial charge in [-0.05, 0) is 79.3 Å². The van der Waals surface area contributed by atoms with Crippen molar-refractivity contribution in [3.05, 3.63) is 58.6 Å². The second-order valence-electron chi connectivity index (χ2n) is 11.7. The van der Waals surface area contributed by atoms with Crippen molar-refractivity contribution in [1.82, 2.24) is 5.32 Å². The van der Waals surface area contributed by atoms with Crippen LogP contribution in [-0.2, 0) is 16.0 Å². The molecule has 0 aliphatic rings. The molecule has 0 saturated carbocycles. The molecule has 0 unspecified atom stereocenters. The van der Waals surface area contributed by atoms with E-state index in [9.17, 15) is 9.90 Å². The Balaban J connectivity index is 2.03. The second kappa shape index (κ2) is 17.6. The van der Waals surface area contributed by atoms with E-state index in [4.69, 9.17) is 31.5 Å². The van der Waals surface area contributed by atoms with Crippen molar-refractivity contribution in [2.45, 2.75) is 78.5 Å². The molecule has 230 valence electrons. The number of hydrogen-bond acceptors (Lipinski definition) is 6. The number of hydrogen-bond donors (Lipinski definition) is 3. The van der Waals surface area contributed by atoms with Crippen molar-refractivity contribution in [2.75, 3.05) is 27.4 Å². The summed E-state index contributed by atoms with van der Waals surface area (Å²) in [4.78, 5) is 13.2. The first-order chi connectivity index (χ1) is 19.5. The molecule has 5 atom stereocenters. The van der Waals surface area contributed by atoms with Crippen LogP contribution in [0.4, 0.5) is 0 Å². The predicted molar refractivity (Wildman–Crippen MR) is 167 cm³/mol. The molecular formula is C33H51ClN2O5. The van der Waals surface area contributed by atoms with E-state index in [-0.39, 0.29) is 29.7 Å². The van der Waals surface area contributed by atoms with E-state index in [0.717, 1.165) is 24.0 Å². The molecule has 2 aromatic rings. The number of aliphatic hydroxyl groups excluding tert-OH is 1. The zero-order valence-corrected chi connectivity index (χ0v) is 26.6. The minimum Gasteiger partial charge on any atom is -0.493 e. The number of nitrogens with two attached hydrogens (primary N) is 1. The number of amides is 1. The average Bonchev–Trinajstić information content (AvgIpc) is 2.93. The van der Waals surface area contributed by atoms with Crippen molar-refractivity contribution < 1.29 is 24.1 Å². The molecule has 0 heterocycles. The van der Waals surface area contributed by atoms with Gasteiger partial charge in [-0.2, -0.15) is 0 Å². The van der Waals surface area contributed by atoms with Crippen LogP contribution in [0.5, 0.6) is 11.5 Å². The third kappa shape index (κ3) is 11.5. The summed E-state index contributed by atoms with van der Waals surface area (Å²) in [6, 6.07) is 12.9. The predicted octanol–water partition coefficient (Wildman–Crippen LogP) is 6.20. The minimum atomic E-state index is -0.796. The Morgan fingerprint density at radius 3 is 2.22 bits per heavy atom. The quantitative estimate of drug-likeness (QED) is 0.179. The Bertz CT molecular complexity index is 1050. The molecule has 0 saturated heterocycles. The number of rotatable bonds is 18. The van der Waals surface area contributed by atoms with Gasteiger partial charge in [0, 0.05) is 37.1 Å². The van der Waals surface area contributed by atoms with Crippen LogP contribution in [0.3, 0.4) is 0 Å². The van der Waals surface area contributed by atoms with Gasteiger partial charge in [0.1, 0.15) is 0 Å². The highest BCUT2D eigenvalue weighted by Crippen LogP contribution is 2.32. The van der Waals surface area contributed by atoms with Gasteiger partial charge in [0.25, 0.3) is 0 Å². The maximum atomic E-state index is 13.2. The maximum Gasteiger partial charge on any atom is 0.223 e. The number of carbonyl (C=O) groups excluding carboxylic acids is 1. The fourth-order valence-corrected chi connectivity index (χ4v) is 5.15. The molecular weight excluding hydrogens is 540 g/mol. The summed E-state index contributed by atoms with van der Waals surface area (Å²) in [6.07, 6.45) is 1.74. The van der Waals surface area contributed by atoms with E-state index in [0.29, 0.717) is 48.5 Å². The summed E-state index contributed by atoms with van der Waals surface area (Å²) in [6.45, 7) is 11.5. The van der Waals surface area contributed by atoms with Crippen molar-refractivity contribution in [2.24, 2.45) is 29.4 Å². The molecule has 2 rings (SSSR count). The van der Waals surface area contributed by atoms with E-state index in [1.165, 1.54) is 0 Å². The summed E-state index contributed by atoms with van der Waals surface area (Å²) in [5, 5.41) is 14.9. The Morgan fingerprint density at radius 1 is 0.951 bits per heavy atom. The Labute approximate surface area is 252 Å². The summed E-state index contributed by atoms with van der Waals surface area (Å²) >= 11 is 6.01. The molecule has 0 fully saturated rings.